The normalized spacial score (nSPS) is 10.5. The van der Waals surface area contributed by atoms with Gasteiger partial charge < -0.3 is 15.0 Å². The minimum absolute atomic E-state index is 0.127. The molecule has 2 aromatic rings. The zero-order valence-corrected chi connectivity index (χ0v) is 12.2. The molecule has 0 saturated heterocycles. The molecule has 1 heterocycles. The van der Waals surface area contributed by atoms with E-state index in [9.17, 15) is 18.0 Å². The minimum Gasteiger partial charge on any atom is -0.432 e. The standard InChI is InChI=1S/C15H14F3N3O2/c1-21(9-11-4-2-3-7-19-11)15(22)20-10-5-6-13(12(16)8-10)23-14(17)18/h2-8,14H,9H2,1H3,(H,20,22). The number of halogens is 3. The van der Waals surface area contributed by atoms with Gasteiger partial charge in [-0.05, 0) is 24.3 Å². The highest BCUT2D eigenvalue weighted by molar-refractivity contribution is 5.89. The highest BCUT2D eigenvalue weighted by Crippen LogP contribution is 2.23. The Kier molecular flexibility index (Phi) is 5.40. The number of hydrogen-bond acceptors (Lipinski definition) is 3. The van der Waals surface area contributed by atoms with E-state index in [1.54, 1.807) is 31.4 Å². The van der Waals surface area contributed by atoms with Gasteiger partial charge in [0.1, 0.15) is 0 Å². The van der Waals surface area contributed by atoms with E-state index in [2.05, 4.69) is 15.0 Å². The Morgan fingerprint density at radius 3 is 2.74 bits per heavy atom. The van der Waals surface area contributed by atoms with Crippen molar-refractivity contribution in [2.45, 2.75) is 13.2 Å². The molecular weight excluding hydrogens is 311 g/mol. The molecule has 122 valence electrons. The molecule has 0 unspecified atom stereocenters. The van der Waals surface area contributed by atoms with E-state index >= 15 is 0 Å². The maximum absolute atomic E-state index is 13.6. The quantitative estimate of drug-likeness (QED) is 0.915. The van der Waals surface area contributed by atoms with Crippen molar-refractivity contribution in [2.24, 2.45) is 0 Å². The summed E-state index contributed by atoms with van der Waals surface area (Å²) >= 11 is 0. The fourth-order valence-electron chi connectivity index (χ4n) is 1.80. The van der Waals surface area contributed by atoms with Crippen LogP contribution in [-0.2, 0) is 6.54 Å². The number of anilines is 1. The first-order chi connectivity index (χ1) is 11.0. The smallest absolute Gasteiger partial charge is 0.387 e. The Morgan fingerprint density at radius 1 is 1.35 bits per heavy atom. The van der Waals surface area contributed by atoms with Crippen molar-refractivity contribution < 1.29 is 22.7 Å². The van der Waals surface area contributed by atoms with Crippen LogP contribution in [0.2, 0.25) is 0 Å². The van der Waals surface area contributed by atoms with Crippen LogP contribution in [0.15, 0.2) is 42.6 Å². The van der Waals surface area contributed by atoms with E-state index in [1.165, 1.54) is 11.0 Å². The number of nitrogens with one attached hydrogen (secondary N) is 1. The molecule has 1 aromatic carbocycles. The molecule has 1 aromatic heterocycles. The van der Waals surface area contributed by atoms with Crippen LogP contribution in [0.4, 0.5) is 23.7 Å². The number of nitrogens with zero attached hydrogens (tertiary/aromatic N) is 2. The van der Waals surface area contributed by atoms with Crippen molar-refractivity contribution in [3.63, 3.8) is 0 Å². The fraction of sp³-hybridized carbons (Fsp3) is 0.200. The van der Waals surface area contributed by atoms with E-state index in [-0.39, 0.29) is 12.2 Å². The number of pyridine rings is 1. The highest BCUT2D eigenvalue weighted by Gasteiger charge is 2.13. The second kappa shape index (κ2) is 7.48. The lowest BCUT2D eigenvalue weighted by molar-refractivity contribution is -0.0521. The number of aromatic nitrogens is 1. The SMILES string of the molecule is CN(Cc1ccccn1)C(=O)Nc1ccc(OC(F)F)c(F)c1. The van der Waals surface area contributed by atoms with Gasteiger partial charge in [-0.1, -0.05) is 6.07 Å². The summed E-state index contributed by atoms with van der Waals surface area (Å²) in [6.07, 6.45) is 1.61. The number of benzene rings is 1. The lowest BCUT2D eigenvalue weighted by Gasteiger charge is -2.17. The van der Waals surface area contributed by atoms with Gasteiger partial charge in [0.05, 0.1) is 12.2 Å². The molecule has 0 aliphatic rings. The summed E-state index contributed by atoms with van der Waals surface area (Å²) in [4.78, 5) is 17.4. The summed E-state index contributed by atoms with van der Waals surface area (Å²) in [5.74, 6) is -1.57. The molecular formula is C15H14F3N3O2. The van der Waals surface area contributed by atoms with Gasteiger partial charge in [0.25, 0.3) is 0 Å². The van der Waals surface area contributed by atoms with Crippen LogP contribution in [0.5, 0.6) is 5.75 Å². The fourth-order valence-corrected chi connectivity index (χ4v) is 1.80. The molecule has 0 fully saturated rings. The summed E-state index contributed by atoms with van der Waals surface area (Å²) in [5, 5.41) is 2.46. The van der Waals surface area contributed by atoms with Crippen molar-refractivity contribution in [2.75, 3.05) is 12.4 Å². The Labute approximate surface area is 130 Å². The third kappa shape index (κ3) is 4.87. The van der Waals surface area contributed by atoms with Crippen LogP contribution in [0.1, 0.15) is 5.69 Å². The topological polar surface area (TPSA) is 54.5 Å². The molecule has 0 aliphatic heterocycles. The minimum atomic E-state index is -3.12. The second-order valence-electron chi connectivity index (χ2n) is 4.63. The van der Waals surface area contributed by atoms with Crippen molar-refractivity contribution in [3.05, 3.63) is 54.1 Å². The number of urea groups is 1. The lowest BCUT2D eigenvalue weighted by Crippen LogP contribution is -2.31. The first-order valence-corrected chi connectivity index (χ1v) is 6.62. The molecule has 5 nitrogen and oxygen atoms in total. The maximum atomic E-state index is 13.6. The average Bonchev–Trinajstić information content (AvgIpc) is 2.50. The van der Waals surface area contributed by atoms with E-state index in [1.807, 2.05) is 0 Å². The van der Waals surface area contributed by atoms with Gasteiger partial charge in [0.2, 0.25) is 0 Å². The van der Waals surface area contributed by atoms with Gasteiger partial charge in [0.15, 0.2) is 11.6 Å². The van der Waals surface area contributed by atoms with Crippen molar-refractivity contribution >= 4 is 11.7 Å². The van der Waals surface area contributed by atoms with Crippen LogP contribution in [-0.4, -0.2) is 29.6 Å². The van der Waals surface area contributed by atoms with Crippen LogP contribution in [0, 0.1) is 5.82 Å². The summed E-state index contributed by atoms with van der Waals surface area (Å²) in [6, 6.07) is 8.03. The van der Waals surface area contributed by atoms with E-state index in [0.717, 1.165) is 12.1 Å². The summed E-state index contributed by atoms with van der Waals surface area (Å²) < 4.78 is 41.7. The predicted octanol–water partition coefficient (Wildman–Crippen LogP) is 3.49. The van der Waals surface area contributed by atoms with E-state index < -0.39 is 24.2 Å². The number of carbonyl (C=O) groups is 1. The average molecular weight is 325 g/mol. The number of carbonyl (C=O) groups excluding carboxylic acids is 1. The molecule has 0 spiro atoms. The first-order valence-electron chi connectivity index (χ1n) is 6.62. The number of alkyl halides is 2. The van der Waals surface area contributed by atoms with Crippen molar-refractivity contribution in [1.82, 2.24) is 9.88 Å². The number of hydrogen-bond donors (Lipinski definition) is 1. The molecule has 0 bridgehead atoms. The van der Waals surface area contributed by atoms with Crippen LogP contribution >= 0.6 is 0 Å². The van der Waals surface area contributed by atoms with Crippen molar-refractivity contribution in [1.29, 1.82) is 0 Å². The Balaban J connectivity index is 1.98. The molecule has 0 aliphatic carbocycles. The van der Waals surface area contributed by atoms with Crippen LogP contribution < -0.4 is 10.1 Å². The van der Waals surface area contributed by atoms with Gasteiger partial charge in [-0.2, -0.15) is 8.78 Å². The molecule has 23 heavy (non-hydrogen) atoms. The van der Waals surface area contributed by atoms with E-state index in [0.29, 0.717) is 5.69 Å². The zero-order chi connectivity index (χ0) is 16.8. The molecule has 0 radical (unpaired) electrons. The van der Waals surface area contributed by atoms with Gasteiger partial charge >= 0.3 is 12.6 Å². The third-order valence-corrected chi connectivity index (χ3v) is 2.87. The highest BCUT2D eigenvalue weighted by atomic mass is 19.3. The molecule has 2 amide bonds. The summed E-state index contributed by atoms with van der Waals surface area (Å²) in [6.45, 7) is -2.85. The Morgan fingerprint density at radius 2 is 2.13 bits per heavy atom. The summed E-state index contributed by atoms with van der Waals surface area (Å²) in [5.41, 5.74) is 0.819. The zero-order valence-electron chi connectivity index (χ0n) is 12.2. The number of ether oxygens (including phenoxy) is 1. The largest absolute Gasteiger partial charge is 0.432 e. The van der Waals surface area contributed by atoms with Gasteiger partial charge in [0, 0.05) is 25.0 Å². The second-order valence-corrected chi connectivity index (χ2v) is 4.63. The third-order valence-electron chi connectivity index (χ3n) is 2.87. The van der Waals surface area contributed by atoms with E-state index in [4.69, 9.17) is 0 Å². The predicted molar refractivity (Wildman–Crippen MR) is 77.8 cm³/mol. The first kappa shape index (κ1) is 16.6. The molecule has 0 atom stereocenters. The number of rotatable bonds is 5. The molecule has 2 rings (SSSR count). The van der Waals surface area contributed by atoms with Crippen molar-refractivity contribution in [3.8, 4) is 5.75 Å². The molecule has 8 heteroatoms. The number of amides is 2. The lowest BCUT2D eigenvalue weighted by atomic mass is 10.3. The Hall–Kier alpha value is -2.77. The Bertz CT molecular complexity index is 668. The van der Waals surface area contributed by atoms with Gasteiger partial charge in [-0.15, -0.1) is 0 Å². The molecule has 0 saturated carbocycles. The maximum Gasteiger partial charge on any atom is 0.387 e. The monoisotopic (exact) mass is 325 g/mol. The molecule has 1 N–H and O–H groups in total. The van der Waals surface area contributed by atoms with Crippen LogP contribution in [0.25, 0.3) is 0 Å². The summed E-state index contributed by atoms with van der Waals surface area (Å²) in [7, 11) is 1.55. The van der Waals surface area contributed by atoms with Gasteiger partial charge in [-0.25, -0.2) is 9.18 Å². The van der Waals surface area contributed by atoms with Crippen LogP contribution in [0.3, 0.4) is 0 Å². The van der Waals surface area contributed by atoms with Gasteiger partial charge in [-0.3, -0.25) is 4.98 Å².